The number of aryl methyl sites for hydroxylation is 1. The minimum Gasteiger partial charge on any atom is -0.379 e. The summed E-state index contributed by atoms with van der Waals surface area (Å²) in [5.41, 5.74) is 3.11. The largest absolute Gasteiger partial charge is 0.379 e. The van der Waals surface area contributed by atoms with Crippen LogP contribution in [-0.2, 0) is 22.1 Å². The Morgan fingerprint density at radius 3 is 2.58 bits per heavy atom. The fourth-order valence-electron chi connectivity index (χ4n) is 1.58. The van der Waals surface area contributed by atoms with E-state index in [0.29, 0.717) is 11.6 Å². The number of sulfone groups is 1. The van der Waals surface area contributed by atoms with Gasteiger partial charge in [0, 0.05) is 17.3 Å². The van der Waals surface area contributed by atoms with Gasteiger partial charge >= 0.3 is 0 Å². The third kappa shape index (κ3) is 4.65. The Hall–Kier alpha value is -1.40. The molecule has 2 aromatic rings. The van der Waals surface area contributed by atoms with Crippen LogP contribution in [0.5, 0.6) is 0 Å². The first kappa shape index (κ1) is 14.0. The van der Waals surface area contributed by atoms with Crippen LogP contribution in [0.2, 0.25) is 0 Å². The lowest BCUT2D eigenvalue weighted by atomic mass is 10.2. The van der Waals surface area contributed by atoms with Crippen molar-refractivity contribution in [3.63, 3.8) is 0 Å². The molecule has 0 radical (unpaired) electrons. The van der Waals surface area contributed by atoms with Crippen molar-refractivity contribution in [2.24, 2.45) is 0 Å². The Labute approximate surface area is 117 Å². The molecule has 0 atom stereocenters. The summed E-state index contributed by atoms with van der Waals surface area (Å²) in [7, 11) is -3.01. The molecule has 1 aromatic carbocycles. The zero-order chi connectivity index (χ0) is 13.9. The highest BCUT2D eigenvalue weighted by atomic mass is 32.2. The van der Waals surface area contributed by atoms with Crippen molar-refractivity contribution in [2.45, 2.75) is 19.2 Å². The fraction of sp³-hybridized carbons (Fsp3) is 0.308. The molecule has 0 amide bonds. The van der Waals surface area contributed by atoms with Crippen molar-refractivity contribution in [2.75, 3.05) is 11.6 Å². The average molecular weight is 296 g/mol. The van der Waals surface area contributed by atoms with E-state index in [1.54, 1.807) is 0 Å². The molecule has 4 nitrogen and oxygen atoms in total. The average Bonchev–Trinajstić information content (AvgIpc) is 2.73. The number of benzene rings is 1. The highest BCUT2D eigenvalue weighted by molar-refractivity contribution is 7.90. The van der Waals surface area contributed by atoms with Crippen LogP contribution < -0.4 is 5.32 Å². The number of hydrogen-bond acceptors (Lipinski definition) is 5. The van der Waals surface area contributed by atoms with Gasteiger partial charge in [0.05, 0.1) is 12.2 Å². The summed E-state index contributed by atoms with van der Waals surface area (Å²) in [6, 6.07) is 8.11. The molecule has 1 N–H and O–H groups in total. The molecule has 102 valence electrons. The second-order valence-corrected chi connectivity index (χ2v) is 7.61. The highest BCUT2D eigenvalue weighted by Crippen LogP contribution is 2.15. The first-order valence-corrected chi connectivity index (χ1v) is 8.78. The Morgan fingerprint density at radius 1 is 1.26 bits per heavy atom. The van der Waals surface area contributed by atoms with Crippen molar-refractivity contribution in [3.05, 3.63) is 45.9 Å². The van der Waals surface area contributed by atoms with Gasteiger partial charge in [0.25, 0.3) is 0 Å². The van der Waals surface area contributed by atoms with E-state index in [-0.39, 0.29) is 5.75 Å². The lowest BCUT2D eigenvalue weighted by molar-refractivity contribution is 0.601. The molecule has 0 unspecified atom stereocenters. The van der Waals surface area contributed by atoms with Crippen molar-refractivity contribution in [1.82, 2.24) is 4.98 Å². The summed E-state index contributed by atoms with van der Waals surface area (Å²) >= 11 is 1.38. The quantitative estimate of drug-likeness (QED) is 0.921. The van der Waals surface area contributed by atoms with Gasteiger partial charge in [0.15, 0.2) is 9.84 Å². The predicted molar refractivity (Wildman–Crippen MR) is 79.2 cm³/mol. The third-order valence-corrected chi connectivity index (χ3v) is 4.39. The standard InChI is InChI=1S/C13H16N2O2S2/c1-10-3-5-11(6-4-10)14-7-12-8-18-13(15-12)9-19(2,16)17/h3-6,8,14H,7,9H2,1-2H3. The van der Waals surface area contributed by atoms with Crippen LogP contribution >= 0.6 is 11.3 Å². The zero-order valence-corrected chi connectivity index (χ0v) is 12.5. The number of anilines is 1. The Balaban J connectivity index is 1.95. The van der Waals surface area contributed by atoms with Crippen LogP contribution in [0.25, 0.3) is 0 Å². The van der Waals surface area contributed by atoms with Crippen molar-refractivity contribution in [1.29, 1.82) is 0 Å². The monoisotopic (exact) mass is 296 g/mol. The SMILES string of the molecule is Cc1ccc(NCc2csc(CS(C)(=O)=O)n2)cc1. The van der Waals surface area contributed by atoms with Gasteiger partial charge in [-0.1, -0.05) is 17.7 Å². The number of aromatic nitrogens is 1. The number of hydrogen-bond donors (Lipinski definition) is 1. The van der Waals surface area contributed by atoms with E-state index in [4.69, 9.17) is 0 Å². The summed E-state index contributed by atoms with van der Waals surface area (Å²) in [6.07, 6.45) is 1.22. The second-order valence-electron chi connectivity index (χ2n) is 4.52. The van der Waals surface area contributed by atoms with E-state index < -0.39 is 9.84 Å². The van der Waals surface area contributed by atoms with Gasteiger partial charge in [-0.05, 0) is 19.1 Å². The first-order valence-electron chi connectivity index (χ1n) is 5.84. The van der Waals surface area contributed by atoms with E-state index in [9.17, 15) is 8.42 Å². The molecule has 0 fully saturated rings. The van der Waals surface area contributed by atoms with Gasteiger partial charge < -0.3 is 5.32 Å². The summed E-state index contributed by atoms with van der Waals surface area (Å²) in [6.45, 7) is 2.64. The minimum atomic E-state index is -3.01. The van der Waals surface area contributed by atoms with Gasteiger partial charge in [-0.15, -0.1) is 11.3 Å². The zero-order valence-electron chi connectivity index (χ0n) is 10.9. The second kappa shape index (κ2) is 5.71. The van der Waals surface area contributed by atoms with E-state index in [1.165, 1.54) is 23.2 Å². The normalized spacial score (nSPS) is 11.5. The number of nitrogens with zero attached hydrogens (tertiary/aromatic N) is 1. The Kier molecular flexibility index (Phi) is 4.21. The molecular formula is C13H16N2O2S2. The van der Waals surface area contributed by atoms with E-state index >= 15 is 0 Å². The third-order valence-electron chi connectivity index (χ3n) is 2.51. The first-order chi connectivity index (χ1) is 8.92. The topological polar surface area (TPSA) is 59.1 Å². The van der Waals surface area contributed by atoms with Crippen molar-refractivity contribution >= 4 is 26.9 Å². The molecule has 1 heterocycles. The van der Waals surface area contributed by atoms with Crippen molar-refractivity contribution < 1.29 is 8.42 Å². The maximum atomic E-state index is 11.2. The van der Waals surface area contributed by atoms with Crippen LogP contribution in [0, 0.1) is 6.92 Å². The lowest BCUT2D eigenvalue weighted by Gasteiger charge is -2.04. The summed E-state index contributed by atoms with van der Waals surface area (Å²) < 4.78 is 22.3. The summed E-state index contributed by atoms with van der Waals surface area (Å²) in [5, 5.41) is 5.79. The Bertz CT molecular complexity index is 646. The molecule has 19 heavy (non-hydrogen) atoms. The van der Waals surface area contributed by atoms with E-state index in [2.05, 4.69) is 10.3 Å². The Morgan fingerprint density at radius 2 is 1.95 bits per heavy atom. The van der Waals surface area contributed by atoms with Crippen LogP contribution in [-0.4, -0.2) is 19.7 Å². The molecule has 0 aliphatic rings. The molecule has 2 rings (SSSR count). The molecule has 0 aliphatic carbocycles. The highest BCUT2D eigenvalue weighted by Gasteiger charge is 2.08. The molecule has 0 saturated heterocycles. The molecule has 6 heteroatoms. The molecule has 0 aliphatic heterocycles. The molecule has 0 bridgehead atoms. The molecular weight excluding hydrogens is 280 g/mol. The number of nitrogens with one attached hydrogen (secondary N) is 1. The van der Waals surface area contributed by atoms with Gasteiger partial charge in [0.1, 0.15) is 10.8 Å². The maximum absolute atomic E-state index is 11.2. The smallest absolute Gasteiger partial charge is 0.153 e. The molecule has 0 spiro atoms. The van der Waals surface area contributed by atoms with Gasteiger partial charge in [-0.3, -0.25) is 0 Å². The predicted octanol–water partition coefficient (Wildman–Crippen LogP) is 2.61. The van der Waals surface area contributed by atoms with Gasteiger partial charge in [-0.25, -0.2) is 13.4 Å². The van der Waals surface area contributed by atoms with Crippen LogP contribution in [0.4, 0.5) is 5.69 Å². The van der Waals surface area contributed by atoms with Crippen LogP contribution in [0.3, 0.4) is 0 Å². The number of rotatable bonds is 5. The lowest BCUT2D eigenvalue weighted by Crippen LogP contribution is -2.02. The minimum absolute atomic E-state index is 0.0161. The molecule has 1 aromatic heterocycles. The number of thiazole rings is 1. The summed E-state index contributed by atoms with van der Waals surface area (Å²) in [4.78, 5) is 4.31. The van der Waals surface area contributed by atoms with Crippen LogP contribution in [0.1, 0.15) is 16.3 Å². The van der Waals surface area contributed by atoms with Crippen LogP contribution in [0.15, 0.2) is 29.6 Å². The van der Waals surface area contributed by atoms with E-state index in [1.807, 2.05) is 36.6 Å². The van der Waals surface area contributed by atoms with Gasteiger partial charge in [0.2, 0.25) is 0 Å². The maximum Gasteiger partial charge on any atom is 0.153 e. The van der Waals surface area contributed by atoms with E-state index in [0.717, 1.165) is 11.4 Å². The fourth-order valence-corrected chi connectivity index (χ4v) is 3.59. The molecule has 0 saturated carbocycles. The van der Waals surface area contributed by atoms with Gasteiger partial charge in [-0.2, -0.15) is 0 Å². The summed E-state index contributed by atoms with van der Waals surface area (Å²) in [5.74, 6) is 0.0161. The van der Waals surface area contributed by atoms with Crippen molar-refractivity contribution in [3.8, 4) is 0 Å².